The van der Waals surface area contributed by atoms with Gasteiger partial charge in [-0.05, 0) is 54.1 Å². The number of halogens is 2. The molecule has 8 heteroatoms. The van der Waals surface area contributed by atoms with E-state index in [2.05, 4.69) is 15.6 Å². The van der Waals surface area contributed by atoms with Crippen molar-refractivity contribution in [2.45, 2.75) is 0 Å². The van der Waals surface area contributed by atoms with Crippen molar-refractivity contribution in [3.63, 3.8) is 0 Å². The van der Waals surface area contributed by atoms with E-state index in [0.29, 0.717) is 15.8 Å². The van der Waals surface area contributed by atoms with Gasteiger partial charge in [-0.15, -0.1) is 0 Å². The predicted molar refractivity (Wildman–Crippen MR) is 127 cm³/mol. The molecule has 0 radical (unpaired) electrons. The molecule has 160 valence electrons. The van der Waals surface area contributed by atoms with E-state index < -0.39 is 5.91 Å². The maximum Gasteiger partial charge on any atom is 0.277 e. The molecule has 1 aromatic heterocycles. The second kappa shape index (κ2) is 10.1. The van der Waals surface area contributed by atoms with Crippen molar-refractivity contribution >= 4 is 35.3 Å². The average molecular weight is 465 g/mol. The number of para-hydroxylation sites is 1. The molecule has 0 aliphatic rings. The number of nitrogens with zero attached hydrogens (tertiary/aromatic N) is 3. The van der Waals surface area contributed by atoms with Crippen molar-refractivity contribution in [1.29, 1.82) is 0 Å². The molecule has 1 N–H and O–H groups in total. The van der Waals surface area contributed by atoms with Gasteiger partial charge in [-0.3, -0.25) is 4.79 Å². The highest BCUT2D eigenvalue weighted by molar-refractivity contribution is 6.31. The molecule has 32 heavy (non-hydrogen) atoms. The Hall–Kier alpha value is -3.61. The maximum absolute atomic E-state index is 12.2. The summed E-state index contributed by atoms with van der Waals surface area (Å²) in [7, 11) is 0. The Morgan fingerprint density at radius 1 is 1.00 bits per heavy atom. The van der Waals surface area contributed by atoms with Crippen molar-refractivity contribution in [1.82, 2.24) is 15.2 Å². The number of ether oxygens (including phenoxy) is 1. The predicted octanol–water partition coefficient (Wildman–Crippen LogP) is 5.38. The van der Waals surface area contributed by atoms with Crippen molar-refractivity contribution < 1.29 is 9.53 Å². The van der Waals surface area contributed by atoms with Gasteiger partial charge in [-0.1, -0.05) is 53.5 Å². The van der Waals surface area contributed by atoms with Gasteiger partial charge in [0.2, 0.25) is 0 Å². The van der Waals surface area contributed by atoms with Gasteiger partial charge < -0.3 is 4.74 Å². The quantitative estimate of drug-likeness (QED) is 0.295. The molecule has 0 aliphatic carbocycles. The first-order chi connectivity index (χ1) is 15.6. The van der Waals surface area contributed by atoms with E-state index in [9.17, 15) is 4.79 Å². The lowest BCUT2D eigenvalue weighted by Gasteiger charge is -2.13. The summed E-state index contributed by atoms with van der Waals surface area (Å²) in [5.74, 6) is 0.108. The smallest absolute Gasteiger partial charge is 0.277 e. The second-order valence-electron chi connectivity index (χ2n) is 6.74. The standard InChI is InChI=1S/C24H18Cl2N4O2/c25-18-8-6-17(7-9-18)15-27-29-24(31)16-32-23-11-10-19(26)14-21(23)22-12-13-28-30(22)20-4-2-1-3-5-20/h1-15H,16H2,(H,29,31)/b27-15+. The van der Waals surface area contributed by atoms with Crippen LogP contribution in [0.15, 0.2) is 90.2 Å². The number of carbonyl (C=O) groups is 1. The van der Waals surface area contributed by atoms with Crippen LogP contribution in [0.5, 0.6) is 5.75 Å². The highest BCUT2D eigenvalue weighted by Gasteiger charge is 2.14. The minimum atomic E-state index is -0.396. The summed E-state index contributed by atoms with van der Waals surface area (Å²) in [6, 6.07) is 23.9. The Balaban J connectivity index is 1.47. The van der Waals surface area contributed by atoms with Crippen LogP contribution in [-0.2, 0) is 4.79 Å². The fraction of sp³-hybridized carbons (Fsp3) is 0.0417. The third kappa shape index (κ3) is 5.35. The summed E-state index contributed by atoms with van der Waals surface area (Å²) < 4.78 is 7.57. The van der Waals surface area contributed by atoms with E-state index in [4.69, 9.17) is 27.9 Å². The molecule has 0 unspecified atom stereocenters. The van der Waals surface area contributed by atoms with Gasteiger partial charge in [-0.2, -0.15) is 10.2 Å². The van der Waals surface area contributed by atoms with E-state index in [1.165, 1.54) is 6.21 Å². The Morgan fingerprint density at radius 3 is 2.53 bits per heavy atom. The van der Waals surface area contributed by atoms with Gasteiger partial charge in [0.25, 0.3) is 5.91 Å². The maximum atomic E-state index is 12.2. The first-order valence-electron chi connectivity index (χ1n) is 9.70. The number of carbonyl (C=O) groups excluding carboxylic acids is 1. The number of benzene rings is 3. The summed E-state index contributed by atoms with van der Waals surface area (Å²) in [6.07, 6.45) is 3.23. The SMILES string of the molecule is O=C(COc1ccc(Cl)cc1-c1ccnn1-c1ccccc1)N/N=C/c1ccc(Cl)cc1. The fourth-order valence-corrected chi connectivity index (χ4v) is 3.31. The molecule has 4 rings (SSSR count). The zero-order valence-electron chi connectivity index (χ0n) is 16.8. The fourth-order valence-electron chi connectivity index (χ4n) is 3.01. The number of hydrogen-bond donors (Lipinski definition) is 1. The topological polar surface area (TPSA) is 68.5 Å². The second-order valence-corrected chi connectivity index (χ2v) is 7.61. The third-order valence-electron chi connectivity index (χ3n) is 4.49. The van der Waals surface area contributed by atoms with Gasteiger partial charge in [0, 0.05) is 15.6 Å². The summed E-state index contributed by atoms with van der Waals surface area (Å²) in [4.78, 5) is 12.2. The van der Waals surface area contributed by atoms with Gasteiger partial charge in [0.1, 0.15) is 5.75 Å². The van der Waals surface area contributed by atoms with Gasteiger partial charge >= 0.3 is 0 Å². The number of hydrogen-bond acceptors (Lipinski definition) is 4. The van der Waals surface area contributed by atoms with E-state index in [-0.39, 0.29) is 6.61 Å². The number of rotatable bonds is 7. The van der Waals surface area contributed by atoms with E-state index in [0.717, 1.165) is 22.5 Å². The van der Waals surface area contributed by atoms with Crippen molar-refractivity contribution in [3.8, 4) is 22.7 Å². The molecule has 0 aliphatic heterocycles. The zero-order valence-corrected chi connectivity index (χ0v) is 18.3. The molecule has 0 saturated heterocycles. The lowest BCUT2D eigenvalue weighted by molar-refractivity contribution is -0.123. The Labute approximate surface area is 195 Å². The number of hydrazone groups is 1. The third-order valence-corrected chi connectivity index (χ3v) is 4.98. The van der Waals surface area contributed by atoms with Crippen molar-refractivity contribution in [2.75, 3.05) is 6.61 Å². The summed E-state index contributed by atoms with van der Waals surface area (Å²) in [5.41, 5.74) is 5.66. The molecule has 1 amide bonds. The summed E-state index contributed by atoms with van der Waals surface area (Å²) in [5, 5.41) is 9.53. The first-order valence-corrected chi connectivity index (χ1v) is 10.5. The van der Waals surface area contributed by atoms with Crippen LogP contribution < -0.4 is 10.2 Å². The molecular formula is C24H18Cl2N4O2. The van der Waals surface area contributed by atoms with Gasteiger partial charge in [-0.25, -0.2) is 10.1 Å². The van der Waals surface area contributed by atoms with Crippen LogP contribution in [-0.4, -0.2) is 28.5 Å². The number of aromatic nitrogens is 2. The molecule has 6 nitrogen and oxygen atoms in total. The lowest BCUT2D eigenvalue weighted by atomic mass is 10.1. The first kappa shape index (κ1) is 21.6. The van der Waals surface area contributed by atoms with Crippen LogP contribution in [0, 0.1) is 0 Å². The molecule has 0 fully saturated rings. The Bertz CT molecular complexity index is 1240. The van der Waals surface area contributed by atoms with Crippen LogP contribution in [0.2, 0.25) is 10.0 Å². The van der Waals surface area contributed by atoms with Crippen LogP contribution in [0.4, 0.5) is 0 Å². The molecule has 0 bridgehead atoms. The van der Waals surface area contributed by atoms with Crippen LogP contribution in [0.1, 0.15) is 5.56 Å². The van der Waals surface area contributed by atoms with Crippen molar-refractivity contribution in [2.24, 2.45) is 5.10 Å². The van der Waals surface area contributed by atoms with Crippen molar-refractivity contribution in [3.05, 3.63) is 101 Å². The number of nitrogens with one attached hydrogen (secondary N) is 1. The van der Waals surface area contributed by atoms with E-state index in [1.807, 2.05) is 36.4 Å². The highest BCUT2D eigenvalue weighted by atomic mass is 35.5. The van der Waals surface area contributed by atoms with Crippen LogP contribution in [0.3, 0.4) is 0 Å². The molecule has 0 atom stereocenters. The summed E-state index contributed by atoms with van der Waals surface area (Å²) in [6.45, 7) is -0.216. The highest BCUT2D eigenvalue weighted by Crippen LogP contribution is 2.33. The van der Waals surface area contributed by atoms with Crippen LogP contribution >= 0.6 is 23.2 Å². The normalized spacial score (nSPS) is 10.9. The lowest BCUT2D eigenvalue weighted by Crippen LogP contribution is -2.24. The largest absolute Gasteiger partial charge is 0.483 e. The molecule has 1 heterocycles. The molecular weight excluding hydrogens is 447 g/mol. The summed E-state index contributed by atoms with van der Waals surface area (Å²) >= 11 is 12.1. The molecule has 0 saturated carbocycles. The molecule has 3 aromatic carbocycles. The Kier molecular flexibility index (Phi) is 6.84. The zero-order chi connectivity index (χ0) is 22.3. The van der Waals surface area contributed by atoms with E-state index >= 15 is 0 Å². The van der Waals surface area contributed by atoms with Gasteiger partial charge in [0.05, 0.1) is 23.8 Å². The van der Waals surface area contributed by atoms with Crippen LogP contribution in [0.25, 0.3) is 16.9 Å². The monoisotopic (exact) mass is 464 g/mol. The Morgan fingerprint density at radius 2 is 1.75 bits per heavy atom. The molecule has 4 aromatic rings. The minimum Gasteiger partial charge on any atom is -0.483 e. The molecule has 0 spiro atoms. The average Bonchev–Trinajstić information content (AvgIpc) is 3.30. The minimum absolute atomic E-state index is 0.216. The number of amides is 1. The van der Waals surface area contributed by atoms with E-state index in [1.54, 1.807) is 53.3 Å². The van der Waals surface area contributed by atoms with Gasteiger partial charge in [0.15, 0.2) is 6.61 Å².